The summed E-state index contributed by atoms with van der Waals surface area (Å²) in [6, 6.07) is 4.79. The molecule has 0 radical (unpaired) electrons. The first-order valence-corrected chi connectivity index (χ1v) is 7.09. The highest BCUT2D eigenvalue weighted by atomic mass is 19.4. The number of alkyl halides is 3. The molecule has 0 saturated heterocycles. The number of para-hydroxylation sites is 1. The zero-order valence-corrected chi connectivity index (χ0v) is 12.0. The smallest absolute Gasteiger partial charge is 0.356 e. The summed E-state index contributed by atoms with van der Waals surface area (Å²) >= 11 is 0. The van der Waals surface area contributed by atoms with Crippen molar-refractivity contribution in [2.75, 3.05) is 11.9 Å². The van der Waals surface area contributed by atoms with E-state index in [1.807, 2.05) is 6.92 Å². The second kappa shape index (κ2) is 6.37. The van der Waals surface area contributed by atoms with Crippen LogP contribution in [0.2, 0.25) is 0 Å². The van der Waals surface area contributed by atoms with Crippen LogP contribution in [-0.2, 0) is 15.8 Å². The van der Waals surface area contributed by atoms with Crippen molar-refractivity contribution >= 4 is 17.5 Å². The fourth-order valence-corrected chi connectivity index (χ4v) is 2.22. The molecular weight excluding hydrogens is 297 g/mol. The van der Waals surface area contributed by atoms with E-state index < -0.39 is 29.5 Å². The largest absolute Gasteiger partial charge is 0.418 e. The van der Waals surface area contributed by atoms with E-state index in [2.05, 4.69) is 10.6 Å². The Bertz CT molecular complexity index is 572. The fraction of sp³-hybridized carbons (Fsp3) is 0.467. The molecule has 2 amide bonds. The normalized spacial score (nSPS) is 20.4. The Balaban J connectivity index is 1.99. The molecule has 2 atom stereocenters. The summed E-state index contributed by atoms with van der Waals surface area (Å²) in [5.74, 6) is -1.76. The Morgan fingerprint density at radius 1 is 1.18 bits per heavy atom. The number of carbonyl (C=O) groups is 2. The zero-order valence-electron chi connectivity index (χ0n) is 12.0. The number of benzene rings is 1. The Morgan fingerprint density at radius 2 is 1.82 bits per heavy atom. The first kappa shape index (κ1) is 16.3. The maximum atomic E-state index is 12.8. The number of amides is 2. The van der Waals surface area contributed by atoms with Crippen LogP contribution in [-0.4, -0.2) is 18.4 Å². The molecule has 1 aliphatic carbocycles. The van der Waals surface area contributed by atoms with Crippen LogP contribution in [0.25, 0.3) is 0 Å². The molecule has 0 bridgehead atoms. The maximum absolute atomic E-state index is 12.8. The van der Waals surface area contributed by atoms with Crippen LogP contribution in [0, 0.1) is 11.8 Å². The zero-order chi connectivity index (χ0) is 16.3. The van der Waals surface area contributed by atoms with Gasteiger partial charge in [0.2, 0.25) is 11.8 Å². The molecular formula is C15H17F3N2O2. The number of rotatable bonds is 5. The molecule has 1 aliphatic rings. The van der Waals surface area contributed by atoms with Crippen LogP contribution in [0.5, 0.6) is 0 Å². The topological polar surface area (TPSA) is 58.2 Å². The molecule has 2 rings (SSSR count). The van der Waals surface area contributed by atoms with E-state index in [9.17, 15) is 22.8 Å². The van der Waals surface area contributed by atoms with Crippen molar-refractivity contribution in [3.8, 4) is 0 Å². The van der Waals surface area contributed by atoms with E-state index in [1.54, 1.807) is 0 Å². The summed E-state index contributed by atoms with van der Waals surface area (Å²) in [4.78, 5) is 23.7. The van der Waals surface area contributed by atoms with Crippen LogP contribution in [0.4, 0.5) is 18.9 Å². The Labute approximate surface area is 126 Å². The van der Waals surface area contributed by atoms with E-state index in [4.69, 9.17) is 0 Å². The van der Waals surface area contributed by atoms with E-state index >= 15 is 0 Å². The van der Waals surface area contributed by atoms with Gasteiger partial charge in [-0.1, -0.05) is 19.1 Å². The van der Waals surface area contributed by atoms with Crippen LogP contribution in [0.3, 0.4) is 0 Å². The third-order valence-electron chi connectivity index (χ3n) is 3.50. The summed E-state index contributed by atoms with van der Waals surface area (Å²) in [5, 5.41) is 4.96. The number of anilines is 1. The summed E-state index contributed by atoms with van der Waals surface area (Å²) in [5.41, 5.74) is -1.17. The molecule has 0 heterocycles. The van der Waals surface area contributed by atoms with Crippen molar-refractivity contribution in [3.05, 3.63) is 29.8 Å². The third kappa shape index (κ3) is 3.78. The average molecular weight is 314 g/mol. The van der Waals surface area contributed by atoms with Crippen LogP contribution < -0.4 is 10.6 Å². The predicted octanol–water partition coefficient (Wildman–Crippen LogP) is 2.81. The highest BCUT2D eigenvalue weighted by molar-refractivity contribution is 5.99. The lowest BCUT2D eigenvalue weighted by molar-refractivity contribution is -0.137. The molecule has 0 aliphatic heterocycles. The molecule has 1 aromatic rings. The summed E-state index contributed by atoms with van der Waals surface area (Å²) in [7, 11) is 0. The van der Waals surface area contributed by atoms with Gasteiger partial charge in [-0.25, -0.2) is 0 Å². The van der Waals surface area contributed by atoms with E-state index in [0.29, 0.717) is 13.0 Å². The number of carbonyl (C=O) groups excluding carboxylic acids is 2. The van der Waals surface area contributed by atoms with E-state index in [-0.39, 0.29) is 11.6 Å². The molecule has 2 N–H and O–H groups in total. The van der Waals surface area contributed by atoms with Gasteiger partial charge in [0.1, 0.15) is 0 Å². The van der Waals surface area contributed by atoms with Crippen LogP contribution >= 0.6 is 0 Å². The highest BCUT2D eigenvalue weighted by Gasteiger charge is 2.48. The first-order chi connectivity index (χ1) is 10.3. The second-order valence-electron chi connectivity index (χ2n) is 5.27. The van der Waals surface area contributed by atoms with Gasteiger partial charge >= 0.3 is 6.18 Å². The highest BCUT2D eigenvalue weighted by Crippen LogP contribution is 2.41. The Kier molecular flexibility index (Phi) is 4.73. The van der Waals surface area contributed by atoms with Gasteiger partial charge in [0.05, 0.1) is 23.1 Å². The minimum Gasteiger partial charge on any atom is -0.356 e. The first-order valence-electron chi connectivity index (χ1n) is 7.09. The van der Waals surface area contributed by atoms with Gasteiger partial charge < -0.3 is 10.6 Å². The maximum Gasteiger partial charge on any atom is 0.418 e. The Morgan fingerprint density at radius 3 is 2.45 bits per heavy atom. The monoisotopic (exact) mass is 314 g/mol. The second-order valence-corrected chi connectivity index (χ2v) is 5.27. The van der Waals surface area contributed by atoms with E-state index in [1.165, 1.54) is 18.2 Å². The van der Waals surface area contributed by atoms with Crippen molar-refractivity contribution in [2.45, 2.75) is 25.9 Å². The van der Waals surface area contributed by atoms with Gasteiger partial charge in [0.25, 0.3) is 0 Å². The van der Waals surface area contributed by atoms with Crippen LogP contribution in [0.1, 0.15) is 25.3 Å². The summed E-state index contributed by atoms with van der Waals surface area (Å²) in [6.07, 6.45) is -3.38. The molecule has 120 valence electrons. The van der Waals surface area contributed by atoms with E-state index in [0.717, 1.165) is 12.5 Å². The third-order valence-corrected chi connectivity index (χ3v) is 3.50. The molecule has 1 saturated carbocycles. The van der Waals surface area contributed by atoms with Gasteiger partial charge in [-0.05, 0) is 25.0 Å². The summed E-state index contributed by atoms with van der Waals surface area (Å²) < 4.78 is 38.5. The lowest BCUT2D eigenvalue weighted by atomic mass is 10.1. The van der Waals surface area contributed by atoms with Crippen molar-refractivity contribution in [1.82, 2.24) is 5.32 Å². The standard InChI is InChI=1S/C15H17F3N2O2/c1-2-7-19-13(21)9-8-10(9)14(22)20-12-6-4-3-5-11(12)15(16,17)18/h3-6,9-10H,2,7-8H2,1H3,(H,19,21)(H,20,22). The molecule has 1 fully saturated rings. The van der Waals surface area contributed by atoms with Crippen molar-refractivity contribution in [2.24, 2.45) is 11.8 Å². The average Bonchev–Trinajstić information content (AvgIpc) is 3.24. The lowest BCUT2D eigenvalue weighted by Crippen LogP contribution is -2.28. The molecule has 1 aromatic carbocycles. The van der Waals surface area contributed by atoms with Gasteiger partial charge in [-0.3, -0.25) is 9.59 Å². The Hall–Kier alpha value is -2.05. The van der Waals surface area contributed by atoms with Crippen LogP contribution in [0.15, 0.2) is 24.3 Å². The number of hydrogen-bond acceptors (Lipinski definition) is 2. The van der Waals surface area contributed by atoms with Gasteiger partial charge in [0, 0.05) is 6.54 Å². The molecule has 4 nitrogen and oxygen atoms in total. The molecule has 0 spiro atoms. The number of halogens is 3. The molecule has 7 heteroatoms. The van der Waals surface area contributed by atoms with Gasteiger partial charge in [-0.2, -0.15) is 13.2 Å². The van der Waals surface area contributed by atoms with Gasteiger partial charge in [0.15, 0.2) is 0 Å². The fourth-order valence-electron chi connectivity index (χ4n) is 2.22. The molecule has 2 unspecified atom stereocenters. The molecule has 22 heavy (non-hydrogen) atoms. The number of hydrogen-bond donors (Lipinski definition) is 2. The van der Waals surface area contributed by atoms with Crippen molar-refractivity contribution in [1.29, 1.82) is 0 Å². The summed E-state index contributed by atoms with van der Waals surface area (Å²) in [6.45, 7) is 2.44. The van der Waals surface area contributed by atoms with Crippen molar-refractivity contribution in [3.63, 3.8) is 0 Å². The van der Waals surface area contributed by atoms with Crippen molar-refractivity contribution < 1.29 is 22.8 Å². The lowest BCUT2D eigenvalue weighted by Gasteiger charge is -2.13. The van der Waals surface area contributed by atoms with Gasteiger partial charge in [-0.15, -0.1) is 0 Å². The SMILES string of the molecule is CCCNC(=O)C1CC1C(=O)Nc1ccccc1C(F)(F)F. The molecule has 0 aromatic heterocycles. The minimum atomic E-state index is -4.54. The predicted molar refractivity (Wildman–Crippen MR) is 75.0 cm³/mol. The quantitative estimate of drug-likeness (QED) is 0.878. The number of nitrogens with one attached hydrogen (secondary N) is 2. The minimum absolute atomic E-state index is 0.217.